The summed E-state index contributed by atoms with van der Waals surface area (Å²) in [4.78, 5) is 0.264. The van der Waals surface area contributed by atoms with Crippen molar-refractivity contribution in [1.29, 1.82) is 0 Å². The third-order valence-electron chi connectivity index (χ3n) is 3.10. The zero-order valence-corrected chi connectivity index (χ0v) is 13.0. The molecule has 0 amide bonds. The summed E-state index contributed by atoms with van der Waals surface area (Å²) < 4.78 is 32.8. The molecule has 0 aliphatic carbocycles. The van der Waals surface area contributed by atoms with Crippen molar-refractivity contribution in [2.75, 3.05) is 17.6 Å². The smallest absolute Gasteiger partial charge is 0.262 e. The molecule has 0 saturated carbocycles. The first-order valence-corrected chi connectivity index (χ1v) is 7.85. The molecule has 0 atom stereocenters. The largest absolute Gasteiger partial charge is 0.497 e. The fourth-order valence-corrected chi connectivity index (χ4v) is 3.72. The van der Waals surface area contributed by atoms with Gasteiger partial charge >= 0.3 is 0 Å². The number of anilines is 2. The average molecular weight is 306 g/mol. The van der Waals surface area contributed by atoms with Crippen molar-refractivity contribution in [2.24, 2.45) is 0 Å². The molecule has 6 heteroatoms. The van der Waals surface area contributed by atoms with Crippen LogP contribution in [-0.2, 0) is 10.0 Å². The van der Waals surface area contributed by atoms with Gasteiger partial charge in [-0.25, -0.2) is 8.42 Å². The van der Waals surface area contributed by atoms with E-state index < -0.39 is 10.0 Å². The van der Waals surface area contributed by atoms with Crippen molar-refractivity contribution in [3.8, 4) is 5.75 Å². The Bertz CT molecular complexity index is 730. The third kappa shape index (κ3) is 3.28. The Labute approximate surface area is 124 Å². The van der Waals surface area contributed by atoms with Gasteiger partial charge in [0, 0.05) is 11.4 Å². The summed E-state index contributed by atoms with van der Waals surface area (Å²) in [5.41, 5.74) is 7.91. The number of rotatable bonds is 4. The number of hydrogen-bond donors (Lipinski definition) is 2. The molecule has 0 spiro atoms. The van der Waals surface area contributed by atoms with Crippen molar-refractivity contribution in [3.63, 3.8) is 0 Å². The molecule has 0 aromatic heterocycles. The topological polar surface area (TPSA) is 81.4 Å². The van der Waals surface area contributed by atoms with Crippen molar-refractivity contribution in [1.82, 2.24) is 0 Å². The molecule has 0 aliphatic rings. The number of nitrogens with two attached hydrogens (primary N) is 1. The van der Waals surface area contributed by atoms with Crippen LogP contribution >= 0.6 is 0 Å². The highest BCUT2D eigenvalue weighted by Crippen LogP contribution is 2.27. The Morgan fingerprint density at radius 3 is 2.05 bits per heavy atom. The second-order valence-corrected chi connectivity index (χ2v) is 6.44. The van der Waals surface area contributed by atoms with E-state index in [-0.39, 0.29) is 4.90 Å². The van der Waals surface area contributed by atoms with Crippen LogP contribution in [0.3, 0.4) is 0 Å². The standard InChI is InChI=1S/C15H18N2O3S/c1-10-8-14(20-3)9-11(2)15(10)21(18,19)17-13-6-4-12(16)5-7-13/h4-9,17H,16H2,1-3H3. The molecular weight excluding hydrogens is 288 g/mol. The minimum atomic E-state index is -3.66. The van der Waals surface area contributed by atoms with Crippen molar-refractivity contribution in [3.05, 3.63) is 47.5 Å². The number of nitrogen functional groups attached to an aromatic ring is 1. The normalized spacial score (nSPS) is 11.2. The predicted octanol–water partition coefficient (Wildman–Crippen LogP) is 2.70. The van der Waals surface area contributed by atoms with Gasteiger partial charge in [-0.2, -0.15) is 0 Å². The molecule has 0 aliphatic heterocycles. The van der Waals surface area contributed by atoms with E-state index in [4.69, 9.17) is 10.5 Å². The second kappa shape index (κ2) is 5.65. The quantitative estimate of drug-likeness (QED) is 0.851. The van der Waals surface area contributed by atoms with Crippen LogP contribution in [-0.4, -0.2) is 15.5 Å². The van der Waals surface area contributed by atoms with Gasteiger partial charge in [0.25, 0.3) is 10.0 Å². The van der Waals surface area contributed by atoms with Crippen LogP contribution in [0.4, 0.5) is 11.4 Å². The zero-order chi connectivity index (χ0) is 15.6. The van der Waals surface area contributed by atoms with E-state index in [0.717, 1.165) is 0 Å². The number of hydrogen-bond acceptors (Lipinski definition) is 4. The number of aryl methyl sites for hydroxylation is 2. The molecule has 0 radical (unpaired) electrons. The predicted molar refractivity (Wildman–Crippen MR) is 84.1 cm³/mol. The summed E-state index contributed by atoms with van der Waals surface area (Å²) in [6, 6.07) is 9.94. The van der Waals surface area contributed by atoms with Gasteiger partial charge in [-0.15, -0.1) is 0 Å². The van der Waals surface area contributed by atoms with Crippen LogP contribution in [0.1, 0.15) is 11.1 Å². The molecule has 2 aromatic rings. The lowest BCUT2D eigenvalue weighted by molar-refractivity contribution is 0.413. The summed E-state index contributed by atoms with van der Waals surface area (Å²) in [5.74, 6) is 0.636. The number of sulfonamides is 1. The molecule has 5 nitrogen and oxygen atoms in total. The Kier molecular flexibility index (Phi) is 4.09. The molecular formula is C15H18N2O3S. The van der Waals surface area contributed by atoms with Gasteiger partial charge in [-0.1, -0.05) is 0 Å². The van der Waals surface area contributed by atoms with Crippen LogP contribution in [0.25, 0.3) is 0 Å². The van der Waals surface area contributed by atoms with Gasteiger partial charge in [-0.05, 0) is 61.4 Å². The van der Waals surface area contributed by atoms with Crippen molar-refractivity contribution in [2.45, 2.75) is 18.7 Å². The van der Waals surface area contributed by atoms with Crippen LogP contribution in [0.2, 0.25) is 0 Å². The van der Waals surface area contributed by atoms with Crippen LogP contribution in [0, 0.1) is 13.8 Å². The first-order chi connectivity index (χ1) is 9.83. The summed E-state index contributed by atoms with van der Waals surface area (Å²) in [5, 5.41) is 0. The van der Waals surface area contributed by atoms with Crippen LogP contribution in [0.15, 0.2) is 41.3 Å². The van der Waals surface area contributed by atoms with E-state index in [2.05, 4.69) is 4.72 Å². The molecule has 2 aromatic carbocycles. The van der Waals surface area contributed by atoms with E-state index in [0.29, 0.717) is 28.3 Å². The van der Waals surface area contributed by atoms with Gasteiger partial charge in [-0.3, -0.25) is 4.72 Å². The fourth-order valence-electron chi connectivity index (χ4n) is 2.21. The Morgan fingerprint density at radius 2 is 1.57 bits per heavy atom. The molecule has 0 heterocycles. The lowest BCUT2D eigenvalue weighted by Crippen LogP contribution is -2.15. The maximum Gasteiger partial charge on any atom is 0.262 e. The zero-order valence-electron chi connectivity index (χ0n) is 12.2. The Morgan fingerprint density at radius 1 is 1.05 bits per heavy atom. The molecule has 21 heavy (non-hydrogen) atoms. The Balaban J connectivity index is 2.42. The lowest BCUT2D eigenvalue weighted by atomic mass is 10.1. The highest BCUT2D eigenvalue weighted by atomic mass is 32.2. The first kappa shape index (κ1) is 15.2. The van der Waals surface area contributed by atoms with Gasteiger partial charge < -0.3 is 10.5 Å². The second-order valence-electron chi connectivity index (χ2n) is 4.82. The van der Waals surface area contributed by atoms with Crippen molar-refractivity contribution < 1.29 is 13.2 Å². The maximum atomic E-state index is 12.5. The molecule has 0 fully saturated rings. The first-order valence-electron chi connectivity index (χ1n) is 6.37. The molecule has 0 bridgehead atoms. The van der Waals surface area contributed by atoms with E-state index in [1.54, 1.807) is 57.4 Å². The molecule has 2 rings (SSSR count). The monoisotopic (exact) mass is 306 g/mol. The minimum absolute atomic E-state index is 0.264. The molecule has 3 N–H and O–H groups in total. The lowest BCUT2D eigenvalue weighted by Gasteiger charge is -2.14. The molecule has 0 saturated heterocycles. The highest BCUT2D eigenvalue weighted by Gasteiger charge is 2.20. The summed E-state index contributed by atoms with van der Waals surface area (Å²) in [7, 11) is -2.11. The Hall–Kier alpha value is -2.21. The number of methoxy groups -OCH3 is 1. The average Bonchev–Trinajstić information content (AvgIpc) is 2.39. The van der Waals surface area contributed by atoms with E-state index in [9.17, 15) is 8.42 Å². The SMILES string of the molecule is COc1cc(C)c(S(=O)(=O)Nc2ccc(N)cc2)c(C)c1. The highest BCUT2D eigenvalue weighted by molar-refractivity contribution is 7.92. The van der Waals surface area contributed by atoms with Crippen LogP contribution < -0.4 is 15.2 Å². The van der Waals surface area contributed by atoms with Gasteiger partial charge in [0.2, 0.25) is 0 Å². The van der Waals surface area contributed by atoms with Gasteiger partial charge in [0.1, 0.15) is 5.75 Å². The van der Waals surface area contributed by atoms with Crippen molar-refractivity contribution >= 4 is 21.4 Å². The van der Waals surface area contributed by atoms with E-state index in [1.165, 1.54) is 0 Å². The van der Waals surface area contributed by atoms with Gasteiger partial charge in [0.15, 0.2) is 0 Å². The molecule has 0 unspecified atom stereocenters. The van der Waals surface area contributed by atoms with E-state index >= 15 is 0 Å². The minimum Gasteiger partial charge on any atom is -0.497 e. The number of nitrogens with one attached hydrogen (secondary N) is 1. The van der Waals surface area contributed by atoms with Crippen LogP contribution in [0.5, 0.6) is 5.75 Å². The maximum absolute atomic E-state index is 12.5. The summed E-state index contributed by atoms with van der Waals surface area (Å²) in [6.07, 6.45) is 0. The molecule has 112 valence electrons. The summed E-state index contributed by atoms with van der Waals surface area (Å²) >= 11 is 0. The van der Waals surface area contributed by atoms with E-state index in [1.807, 2.05) is 0 Å². The third-order valence-corrected chi connectivity index (χ3v) is 4.79. The number of ether oxygens (including phenoxy) is 1. The van der Waals surface area contributed by atoms with Gasteiger partial charge in [0.05, 0.1) is 12.0 Å². The number of benzene rings is 2. The fraction of sp³-hybridized carbons (Fsp3) is 0.200. The summed E-state index contributed by atoms with van der Waals surface area (Å²) in [6.45, 7) is 3.49.